The van der Waals surface area contributed by atoms with Crippen molar-refractivity contribution in [2.75, 3.05) is 14.2 Å². The summed E-state index contributed by atoms with van der Waals surface area (Å²) in [7, 11) is 2.62. The summed E-state index contributed by atoms with van der Waals surface area (Å²) in [6.07, 6.45) is 0.613. The van der Waals surface area contributed by atoms with Crippen LogP contribution in [0.5, 0.6) is 0 Å². The van der Waals surface area contributed by atoms with Gasteiger partial charge in [0, 0.05) is 0 Å². The van der Waals surface area contributed by atoms with Crippen molar-refractivity contribution in [2.45, 2.75) is 40.5 Å². The third-order valence-electron chi connectivity index (χ3n) is 3.17. The van der Waals surface area contributed by atoms with Crippen molar-refractivity contribution in [1.29, 1.82) is 5.26 Å². The van der Waals surface area contributed by atoms with Crippen LogP contribution >= 0.6 is 0 Å². The van der Waals surface area contributed by atoms with Crippen LogP contribution in [0.4, 0.5) is 0 Å². The maximum atomic E-state index is 12.0. The zero-order valence-electron chi connectivity index (χ0n) is 12.6. The number of rotatable bonds is 6. The van der Waals surface area contributed by atoms with Gasteiger partial charge in [-0.15, -0.1) is 0 Å². The lowest BCUT2D eigenvalue weighted by molar-refractivity contribution is -0.156. The molecular weight excluding hydrogens is 246 g/mol. The molecule has 0 saturated heterocycles. The second kappa shape index (κ2) is 6.55. The molecule has 0 saturated carbocycles. The van der Waals surface area contributed by atoms with Gasteiger partial charge in [0.2, 0.25) is 0 Å². The van der Waals surface area contributed by atoms with Crippen LogP contribution < -0.4 is 0 Å². The number of esters is 2. The first kappa shape index (κ1) is 17.4. The third kappa shape index (κ3) is 4.90. The fraction of sp³-hybridized carbons (Fsp3) is 0.786. The highest BCUT2D eigenvalue weighted by molar-refractivity contribution is 5.78. The molecule has 0 radical (unpaired) electrons. The van der Waals surface area contributed by atoms with Crippen molar-refractivity contribution in [1.82, 2.24) is 0 Å². The Morgan fingerprint density at radius 1 is 1.21 bits per heavy atom. The van der Waals surface area contributed by atoms with Gasteiger partial charge in [0.1, 0.15) is 0 Å². The van der Waals surface area contributed by atoms with Gasteiger partial charge in [-0.05, 0) is 33.6 Å². The fourth-order valence-electron chi connectivity index (χ4n) is 2.45. The van der Waals surface area contributed by atoms with E-state index in [0.29, 0.717) is 6.42 Å². The highest BCUT2D eigenvalue weighted by Crippen LogP contribution is 2.39. The van der Waals surface area contributed by atoms with Crippen molar-refractivity contribution in [3.8, 4) is 6.07 Å². The normalized spacial score (nSPS) is 15.8. The first-order chi connectivity index (χ1) is 8.61. The highest BCUT2D eigenvalue weighted by Gasteiger charge is 2.42. The van der Waals surface area contributed by atoms with Crippen molar-refractivity contribution in [3.63, 3.8) is 0 Å². The Labute approximate surface area is 114 Å². The van der Waals surface area contributed by atoms with Crippen LogP contribution in [0.1, 0.15) is 40.5 Å². The molecule has 2 atom stereocenters. The molecule has 0 fully saturated rings. The second-order valence-corrected chi connectivity index (χ2v) is 5.85. The molecule has 2 unspecified atom stereocenters. The van der Waals surface area contributed by atoms with E-state index in [0.717, 1.165) is 0 Å². The Hall–Kier alpha value is -1.57. The first-order valence-electron chi connectivity index (χ1n) is 6.19. The molecule has 5 heteroatoms. The number of nitrogens with zero attached hydrogens (tertiary/aromatic N) is 1. The Bertz CT molecular complexity index is 383. The largest absolute Gasteiger partial charge is 0.469 e. The Morgan fingerprint density at radius 3 is 2.11 bits per heavy atom. The molecule has 0 aromatic rings. The Kier molecular flexibility index (Phi) is 6.01. The third-order valence-corrected chi connectivity index (χ3v) is 3.17. The van der Waals surface area contributed by atoms with Gasteiger partial charge >= 0.3 is 11.9 Å². The molecular formula is C14H23NO4. The smallest absolute Gasteiger partial charge is 0.311 e. The van der Waals surface area contributed by atoms with Crippen LogP contribution in [0.2, 0.25) is 0 Å². The van der Waals surface area contributed by atoms with Crippen LogP contribution in [0.15, 0.2) is 0 Å². The molecule has 0 aliphatic heterocycles. The van der Waals surface area contributed by atoms with E-state index in [1.807, 2.05) is 0 Å². The maximum Gasteiger partial charge on any atom is 0.311 e. The summed E-state index contributed by atoms with van der Waals surface area (Å²) >= 11 is 0. The van der Waals surface area contributed by atoms with Crippen LogP contribution in [0, 0.1) is 28.1 Å². The van der Waals surface area contributed by atoms with Crippen molar-refractivity contribution >= 4 is 11.9 Å². The second-order valence-electron chi connectivity index (χ2n) is 5.85. The number of methoxy groups -OCH3 is 2. The predicted octanol–water partition coefficient (Wildman–Crippen LogP) is 2.30. The van der Waals surface area contributed by atoms with Gasteiger partial charge in [-0.2, -0.15) is 5.26 Å². The molecule has 0 bridgehead atoms. The minimum atomic E-state index is -0.887. The molecule has 0 heterocycles. The lowest BCUT2D eigenvalue weighted by Crippen LogP contribution is -2.37. The number of carbonyl (C=O) groups excluding carboxylic acids is 2. The van der Waals surface area contributed by atoms with Crippen molar-refractivity contribution < 1.29 is 19.1 Å². The van der Waals surface area contributed by atoms with Crippen LogP contribution in [0.3, 0.4) is 0 Å². The quantitative estimate of drug-likeness (QED) is 0.691. The number of ether oxygens (including phenoxy) is 2. The Balaban J connectivity index is 5.16. The summed E-state index contributed by atoms with van der Waals surface area (Å²) in [6.45, 7) is 6.94. The summed E-state index contributed by atoms with van der Waals surface area (Å²) in [5, 5.41) is 9.11. The minimum absolute atomic E-state index is 0.289. The first-order valence-corrected chi connectivity index (χ1v) is 6.19. The van der Waals surface area contributed by atoms with Gasteiger partial charge in [-0.25, -0.2) is 0 Å². The summed E-state index contributed by atoms with van der Waals surface area (Å²) in [5.41, 5.74) is -1.56. The van der Waals surface area contributed by atoms with Crippen LogP contribution in [0.25, 0.3) is 0 Å². The molecule has 0 N–H and O–H groups in total. The molecule has 0 spiro atoms. The molecule has 0 aromatic heterocycles. The monoisotopic (exact) mass is 269 g/mol. The standard InChI is InChI=1S/C14H23NO4/c1-10(11(16)18-5)7-14(4,12(17)19-6)8-13(2,3)9-15/h10H,7-8H2,1-6H3. The SMILES string of the molecule is COC(=O)C(C)CC(C)(CC(C)(C)C#N)C(=O)OC. The van der Waals surface area contributed by atoms with E-state index in [1.54, 1.807) is 27.7 Å². The van der Waals surface area contributed by atoms with E-state index in [2.05, 4.69) is 10.8 Å². The molecule has 108 valence electrons. The highest BCUT2D eigenvalue weighted by atomic mass is 16.5. The molecule has 5 nitrogen and oxygen atoms in total. The maximum absolute atomic E-state index is 12.0. The molecule has 0 aliphatic rings. The minimum Gasteiger partial charge on any atom is -0.469 e. The molecule has 0 aromatic carbocycles. The molecule has 19 heavy (non-hydrogen) atoms. The van der Waals surface area contributed by atoms with Crippen molar-refractivity contribution in [3.05, 3.63) is 0 Å². The lowest BCUT2D eigenvalue weighted by atomic mass is 9.70. The van der Waals surface area contributed by atoms with E-state index >= 15 is 0 Å². The number of nitriles is 1. The summed E-state index contributed by atoms with van der Waals surface area (Å²) < 4.78 is 9.49. The van der Waals surface area contributed by atoms with Gasteiger partial charge in [0.15, 0.2) is 0 Å². The van der Waals surface area contributed by atoms with Gasteiger partial charge in [-0.3, -0.25) is 9.59 Å². The van der Waals surface area contributed by atoms with E-state index < -0.39 is 22.7 Å². The Morgan fingerprint density at radius 2 is 1.74 bits per heavy atom. The average molecular weight is 269 g/mol. The molecule has 0 amide bonds. The topological polar surface area (TPSA) is 76.4 Å². The van der Waals surface area contributed by atoms with Crippen LogP contribution in [-0.4, -0.2) is 26.2 Å². The van der Waals surface area contributed by atoms with Gasteiger partial charge < -0.3 is 9.47 Å². The summed E-state index contributed by atoms with van der Waals surface area (Å²) in [4.78, 5) is 23.5. The van der Waals surface area contributed by atoms with E-state index in [9.17, 15) is 9.59 Å². The van der Waals surface area contributed by atoms with Gasteiger partial charge in [0.25, 0.3) is 0 Å². The average Bonchev–Trinajstić information content (AvgIpc) is 2.35. The number of hydrogen-bond acceptors (Lipinski definition) is 5. The molecule has 0 rings (SSSR count). The van der Waals surface area contributed by atoms with Crippen molar-refractivity contribution in [2.24, 2.45) is 16.7 Å². The fourth-order valence-corrected chi connectivity index (χ4v) is 2.45. The predicted molar refractivity (Wildman–Crippen MR) is 69.9 cm³/mol. The van der Waals surface area contributed by atoms with Gasteiger partial charge in [0.05, 0.1) is 37.0 Å². The number of hydrogen-bond donors (Lipinski definition) is 0. The zero-order chi connectivity index (χ0) is 15.3. The zero-order valence-corrected chi connectivity index (χ0v) is 12.6. The summed E-state index contributed by atoms with van der Waals surface area (Å²) in [5.74, 6) is -1.21. The van der Waals surface area contributed by atoms with E-state index in [-0.39, 0.29) is 12.4 Å². The number of carbonyl (C=O) groups is 2. The van der Waals surface area contributed by atoms with E-state index in [4.69, 9.17) is 10.00 Å². The molecule has 0 aliphatic carbocycles. The van der Waals surface area contributed by atoms with E-state index in [1.165, 1.54) is 14.2 Å². The van der Waals surface area contributed by atoms with Crippen LogP contribution in [-0.2, 0) is 19.1 Å². The lowest BCUT2D eigenvalue weighted by Gasteiger charge is -2.33. The van der Waals surface area contributed by atoms with Gasteiger partial charge in [-0.1, -0.05) is 6.92 Å². The summed E-state index contributed by atoms with van der Waals surface area (Å²) in [6, 6.07) is 2.17.